The summed E-state index contributed by atoms with van der Waals surface area (Å²) in [6.07, 6.45) is 1.98. The standard InChI is InChI=1S/C8H13NO3/c1-3-4-7(11)9-8(12)5-6(2)10/h5,10H,3-4H2,1-2H3,(H,9,11,12)/b6-5-. The van der Waals surface area contributed by atoms with E-state index in [-0.39, 0.29) is 11.7 Å². The summed E-state index contributed by atoms with van der Waals surface area (Å²) in [6, 6.07) is 0. The Labute approximate surface area is 71.3 Å². The highest BCUT2D eigenvalue weighted by Crippen LogP contribution is 1.87. The molecule has 0 atom stereocenters. The Morgan fingerprint density at radius 2 is 2.08 bits per heavy atom. The van der Waals surface area contributed by atoms with E-state index in [4.69, 9.17) is 5.11 Å². The van der Waals surface area contributed by atoms with Gasteiger partial charge in [-0.15, -0.1) is 0 Å². The second-order valence-corrected chi connectivity index (χ2v) is 2.45. The first-order valence-corrected chi connectivity index (χ1v) is 3.77. The molecule has 0 aliphatic carbocycles. The van der Waals surface area contributed by atoms with Gasteiger partial charge in [-0.05, 0) is 13.3 Å². The molecule has 0 spiro atoms. The van der Waals surface area contributed by atoms with Crippen molar-refractivity contribution in [2.45, 2.75) is 26.7 Å². The van der Waals surface area contributed by atoms with E-state index in [0.29, 0.717) is 12.8 Å². The van der Waals surface area contributed by atoms with Gasteiger partial charge >= 0.3 is 0 Å². The van der Waals surface area contributed by atoms with Crippen LogP contribution in [0, 0.1) is 0 Å². The molecule has 4 nitrogen and oxygen atoms in total. The number of allylic oxidation sites excluding steroid dienone is 1. The van der Waals surface area contributed by atoms with Gasteiger partial charge in [0.15, 0.2) is 0 Å². The van der Waals surface area contributed by atoms with Gasteiger partial charge in [-0.2, -0.15) is 0 Å². The van der Waals surface area contributed by atoms with Crippen LogP contribution in [0.15, 0.2) is 11.8 Å². The molecule has 0 fully saturated rings. The molecule has 0 rings (SSSR count). The zero-order valence-corrected chi connectivity index (χ0v) is 7.26. The number of carbonyl (C=O) groups is 2. The van der Waals surface area contributed by atoms with E-state index < -0.39 is 5.91 Å². The van der Waals surface area contributed by atoms with E-state index in [1.807, 2.05) is 6.92 Å². The molecule has 2 amide bonds. The fourth-order valence-electron chi connectivity index (χ4n) is 0.653. The van der Waals surface area contributed by atoms with Crippen LogP contribution in [-0.2, 0) is 9.59 Å². The minimum absolute atomic E-state index is 0.114. The highest BCUT2D eigenvalue weighted by molar-refractivity contribution is 6.00. The Morgan fingerprint density at radius 1 is 1.50 bits per heavy atom. The Kier molecular flexibility index (Phi) is 4.76. The largest absolute Gasteiger partial charge is 0.512 e. The lowest BCUT2D eigenvalue weighted by molar-refractivity contribution is -0.128. The lowest BCUT2D eigenvalue weighted by atomic mass is 10.3. The van der Waals surface area contributed by atoms with Crippen LogP contribution in [0.1, 0.15) is 26.7 Å². The number of amides is 2. The monoisotopic (exact) mass is 171 g/mol. The summed E-state index contributed by atoms with van der Waals surface area (Å²) in [6.45, 7) is 3.21. The third-order valence-electron chi connectivity index (χ3n) is 1.08. The van der Waals surface area contributed by atoms with Crippen LogP contribution in [0.2, 0.25) is 0 Å². The summed E-state index contributed by atoms with van der Waals surface area (Å²) in [5.41, 5.74) is 0. The molecule has 0 saturated carbocycles. The molecule has 0 saturated heterocycles. The average molecular weight is 171 g/mol. The van der Waals surface area contributed by atoms with E-state index in [0.717, 1.165) is 6.08 Å². The van der Waals surface area contributed by atoms with Crippen molar-refractivity contribution >= 4 is 11.8 Å². The van der Waals surface area contributed by atoms with Crippen LogP contribution >= 0.6 is 0 Å². The number of hydrogen-bond acceptors (Lipinski definition) is 3. The normalized spacial score (nSPS) is 11.0. The molecule has 2 N–H and O–H groups in total. The van der Waals surface area contributed by atoms with Crippen LogP contribution in [0.25, 0.3) is 0 Å². The molecule has 0 unspecified atom stereocenters. The maximum absolute atomic E-state index is 10.8. The lowest BCUT2D eigenvalue weighted by Crippen LogP contribution is -2.28. The predicted octanol–water partition coefficient (Wildman–Crippen LogP) is 0.891. The Balaban J connectivity index is 3.85. The minimum atomic E-state index is -0.576. The SMILES string of the molecule is CCCC(=O)NC(=O)/C=C(/C)O. The van der Waals surface area contributed by atoms with Gasteiger partial charge in [0.05, 0.1) is 5.76 Å². The quantitative estimate of drug-likeness (QED) is 0.489. The fourth-order valence-corrected chi connectivity index (χ4v) is 0.653. The van der Waals surface area contributed by atoms with Crippen LogP contribution in [-0.4, -0.2) is 16.9 Å². The number of nitrogens with one attached hydrogen (secondary N) is 1. The van der Waals surface area contributed by atoms with Crippen molar-refractivity contribution in [2.75, 3.05) is 0 Å². The van der Waals surface area contributed by atoms with Gasteiger partial charge in [-0.1, -0.05) is 6.92 Å². The van der Waals surface area contributed by atoms with E-state index in [1.165, 1.54) is 6.92 Å². The molecule has 0 aliphatic heterocycles. The second kappa shape index (κ2) is 5.35. The molecule has 0 heterocycles. The lowest BCUT2D eigenvalue weighted by Gasteiger charge is -1.97. The zero-order chi connectivity index (χ0) is 9.56. The molecule has 12 heavy (non-hydrogen) atoms. The van der Waals surface area contributed by atoms with Crippen molar-refractivity contribution in [2.24, 2.45) is 0 Å². The molecule has 0 aromatic carbocycles. The number of hydrogen-bond donors (Lipinski definition) is 2. The van der Waals surface area contributed by atoms with Gasteiger partial charge in [-0.3, -0.25) is 14.9 Å². The summed E-state index contributed by atoms with van der Waals surface area (Å²) in [5, 5.41) is 10.8. The third-order valence-corrected chi connectivity index (χ3v) is 1.08. The molecule has 0 aromatic rings. The highest BCUT2D eigenvalue weighted by Gasteiger charge is 2.03. The van der Waals surface area contributed by atoms with Crippen molar-refractivity contribution in [3.63, 3.8) is 0 Å². The van der Waals surface area contributed by atoms with Crippen molar-refractivity contribution in [1.82, 2.24) is 5.32 Å². The van der Waals surface area contributed by atoms with E-state index in [2.05, 4.69) is 5.32 Å². The van der Waals surface area contributed by atoms with Crippen LogP contribution in [0.3, 0.4) is 0 Å². The summed E-state index contributed by atoms with van der Waals surface area (Å²) >= 11 is 0. The fraction of sp³-hybridized carbons (Fsp3) is 0.500. The number of aliphatic hydroxyl groups is 1. The Bertz CT molecular complexity index is 204. The van der Waals surface area contributed by atoms with E-state index in [9.17, 15) is 9.59 Å². The van der Waals surface area contributed by atoms with Crippen molar-refractivity contribution in [1.29, 1.82) is 0 Å². The van der Waals surface area contributed by atoms with E-state index >= 15 is 0 Å². The number of carbonyl (C=O) groups excluding carboxylic acids is 2. The van der Waals surface area contributed by atoms with Crippen molar-refractivity contribution in [3.05, 3.63) is 11.8 Å². The van der Waals surface area contributed by atoms with E-state index in [1.54, 1.807) is 0 Å². The van der Waals surface area contributed by atoms with Crippen molar-refractivity contribution in [3.8, 4) is 0 Å². The molecular weight excluding hydrogens is 158 g/mol. The smallest absolute Gasteiger partial charge is 0.253 e. The van der Waals surface area contributed by atoms with Crippen LogP contribution < -0.4 is 5.32 Å². The Hall–Kier alpha value is -1.32. The third kappa shape index (κ3) is 5.46. The summed E-state index contributed by atoms with van der Waals surface area (Å²) in [5.74, 6) is -1.01. The molecule has 0 aliphatic rings. The molecule has 0 aromatic heterocycles. The first-order chi connectivity index (χ1) is 5.56. The molecule has 0 bridgehead atoms. The average Bonchev–Trinajstić information content (AvgIpc) is 1.84. The van der Waals surface area contributed by atoms with Gasteiger partial charge in [0, 0.05) is 12.5 Å². The number of imide groups is 1. The maximum atomic E-state index is 10.8. The van der Waals surface area contributed by atoms with Crippen LogP contribution in [0.4, 0.5) is 0 Å². The summed E-state index contributed by atoms with van der Waals surface area (Å²) < 4.78 is 0. The molecule has 68 valence electrons. The van der Waals surface area contributed by atoms with Gasteiger partial charge in [0.25, 0.3) is 5.91 Å². The zero-order valence-electron chi connectivity index (χ0n) is 7.26. The number of aliphatic hydroxyl groups excluding tert-OH is 1. The van der Waals surface area contributed by atoms with Gasteiger partial charge < -0.3 is 5.11 Å². The van der Waals surface area contributed by atoms with Gasteiger partial charge in [0.2, 0.25) is 5.91 Å². The molecule has 0 radical (unpaired) electrons. The van der Waals surface area contributed by atoms with Crippen molar-refractivity contribution < 1.29 is 14.7 Å². The van der Waals surface area contributed by atoms with Gasteiger partial charge in [0.1, 0.15) is 0 Å². The maximum Gasteiger partial charge on any atom is 0.253 e. The summed E-state index contributed by atoms with van der Waals surface area (Å²) in [4.78, 5) is 21.6. The number of rotatable bonds is 3. The van der Waals surface area contributed by atoms with Gasteiger partial charge in [-0.25, -0.2) is 0 Å². The Morgan fingerprint density at radius 3 is 2.50 bits per heavy atom. The first-order valence-electron chi connectivity index (χ1n) is 3.77. The van der Waals surface area contributed by atoms with Crippen LogP contribution in [0.5, 0.6) is 0 Å². The highest BCUT2D eigenvalue weighted by atomic mass is 16.3. The topological polar surface area (TPSA) is 66.4 Å². The first kappa shape index (κ1) is 10.7. The molecule has 4 heteroatoms. The minimum Gasteiger partial charge on any atom is -0.512 e. The second-order valence-electron chi connectivity index (χ2n) is 2.45. The predicted molar refractivity (Wildman–Crippen MR) is 44.4 cm³/mol. The summed E-state index contributed by atoms with van der Waals surface area (Å²) in [7, 11) is 0. The molecular formula is C8H13NO3.